The van der Waals surface area contributed by atoms with Crippen molar-refractivity contribution in [1.29, 1.82) is 5.26 Å². The van der Waals surface area contributed by atoms with Gasteiger partial charge in [-0.25, -0.2) is 4.79 Å². The average molecular weight is 326 g/mol. The lowest BCUT2D eigenvalue weighted by molar-refractivity contribution is 0.0660. The Morgan fingerprint density at radius 2 is 2.13 bits per heavy atom. The number of hydrogen-bond donors (Lipinski definition) is 1. The minimum atomic E-state index is -1.17. The first kappa shape index (κ1) is 14.8. The zero-order valence-corrected chi connectivity index (χ0v) is 12.5. The van der Waals surface area contributed by atoms with Crippen LogP contribution in [0, 0.1) is 11.3 Å². The molecule has 6 nitrogen and oxygen atoms in total. The molecule has 0 aromatic carbocycles. The van der Waals surface area contributed by atoms with Crippen molar-refractivity contribution in [1.82, 2.24) is 4.57 Å². The largest absolute Gasteiger partial charge is 0.475 e. The molecule has 23 heavy (non-hydrogen) atoms. The summed E-state index contributed by atoms with van der Waals surface area (Å²) in [7, 11) is 0. The molecule has 1 N–H and O–H groups in total. The predicted molar refractivity (Wildman–Crippen MR) is 83.5 cm³/mol. The van der Waals surface area contributed by atoms with Gasteiger partial charge in [-0.05, 0) is 35.7 Å². The van der Waals surface area contributed by atoms with Gasteiger partial charge >= 0.3 is 5.97 Å². The van der Waals surface area contributed by atoms with E-state index in [2.05, 4.69) is 0 Å². The van der Waals surface area contributed by atoms with Gasteiger partial charge in [0.25, 0.3) is 5.56 Å². The van der Waals surface area contributed by atoms with Crippen LogP contribution in [0.15, 0.2) is 51.0 Å². The van der Waals surface area contributed by atoms with Gasteiger partial charge in [-0.1, -0.05) is 6.07 Å². The van der Waals surface area contributed by atoms with Crippen molar-refractivity contribution in [3.05, 3.63) is 69.2 Å². The van der Waals surface area contributed by atoms with E-state index in [9.17, 15) is 9.59 Å². The number of rotatable bonds is 4. The molecule has 0 aliphatic carbocycles. The molecule has 0 aliphatic rings. The van der Waals surface area contributed by atoms with Crippen LogP contribution in [0.3, 0.4) is 0 Å². The summed E-state index contributed by atoms with van der Waals surface area (Å²) in [6.45, 7) is 0.0505. The smallest absolute Gasteiger partial charge is 0.371 e. The van der Waals surface area contributed by atoms with Gasteiger partial charge in [-0.3, -0.25) is 9.36 Å². The normalized spacial score (nSPS) is 10.4. The fraction of sp³-hybridized carbons (Fsp3) is 0.0625. The maximum absolute atomic E-state index is 12.4. The van der Waals surface area contributed by atoms with E-state index < -0.39 is 11.5 Å². The molecular formula is C16H10N2O4S. The molecule has 0 radical (unpaired) electrons. The van der Waals surface area contributed by atoms with Crippen molar-refractivity contribution in [2.45, 2.75) is 6.54 Å². The molecule has 0 atom stereocenters. The highest BCUT2D eigenvalue weighted by atomic mass is 32.1. The summed E-state index contributed by atoms with van der Waals surface area (Å²) in [6.07, 6.45) is 0. The highest BCUT2D eigenvalue weighted by molar-refractivity contribution is 7.13. The second-order valence-corrected chi connectivity index (χ2v) is 5.63. The quantitative estimate of drug-likeness (QED) is 0.795. The standard InChI is InChI=1S/C16H10N2O4S/c17-8-10-3-5-12(14-2-1-7-23-14)18(15(10)19)9-11-4-6-13(22-11)16(20)21/h1-7H,9H2,(H,20,21). The van der Waals surface area contributed by atoms with E-state index in [4.69, 9.17) is 14.8 Å². The summed E-state index contributed by atoms with van der Waals surface area (Å²) >= 11 is 1.47. The Morgan fingerprint density at radius 1 is 1.30 bits per heavy atom. The van der Waals surface area contributed by atoms with Crippen LogP contribution in [0.1, 0.15) is 21.9 Å². The first-order valence-corrected chi connectivity index (χ1v) is 7.48. The molecule has 0 fully saturated rings. The first-order chi connectivity index (χ1) is 11.1. The minimum Gasteiger partial charge on any atom is -0.475 e. The third-order valence-corrected chi connectivity index (χ3v) is 4.15. The highest BCUT2D eigenvalue weighted by Gasteiger charge is 2.15. The van der Waals surface area contributed by atoms with Crippen molar-refractivity contribution < 1.29 is 14.3 Å². The predicted octanol–water partition coefficient (Wildman–Crippen LogP) is 2.79. The lowest BCUT2D eigenvalue weighted by Gasteiger charge is -2.10. The van der Waals surface area contributed by atoms with E-state index in [1.54, 1.807) is 6.07 Å². The Morgan fingerprint density at radius 3 is 2.74 bits per heavy atom. The molecule has 0 bridgehead atoms. The summed E-state index contributed by atoms with van der Waals surface area (Å²) in [5, 5.41) is 19.8. The van der Waals surface area contributed by atoms with Gasteiger partial charge in [0.05, 0.1) is 17.1 Å². The molecule has 0 saturated carbocycles. The Labute approximate surface area is 134 Å². The van der Waals surface area contributed by atoms with E-state index in [1.807, 2.05) is 23.6 Å². The topological polar surface area (TPSA) is 96.2 Å². The molecule has 0 unspecified atom stereocenters. The molecule has 0 aliphatic heterocycles. The number of thiophene rings is 1. The number of nitrogens with zero attached hydrogens (tertiary/aromatic N) is 2. The second-order valence-electron chi connectivity index (χ2n) is 4.68. The van der Waals surface area contributed by atoms with Crippen LogP contribution in [0.5, 0.6) is 0 Å². The summed E-state index contributed by atoms with van der Waals surface area (Å²) in [5.41, 5.74) is 0.235. The van der Waals surface area contributed by atoms with Crippen molar-refractivity contribution >= 4 is 17.3 Å². The number of aromatic carboxylic acids is 1. The highest BCUT2D eigenvalue weighted by Crippen LogP contribution is 2.24. The number of carboxylic acids is 1. The lowest BCUT2D eigenvalue weighted by atomic mass is 10.2. The lowest BCUT2D eigenvalue weighted by Crippen LogP contribution is -2.24. The van der Waals surface area contributed by atoms with Gasteiger partial charge in [0.2, 0.25) is 5.76 Å². The SMILES string of the molecule is N#Cc1ccc(-c2cccs2)n(Cc2ccc(C(=O)O)o2)c1=O. The van der Waals surface area contributed by atoms with Crippen molar-refractivity contribution in [3.8, 4) is 16.6 Å². The van der Waals surface area contributed by atoms with Crippen molar-refractivity contribution in [2.24, 2.45) is 0 Å². The summed E-state index contributed by atoms with van der Waals surface area (Å²) in [5.74, 6) is -1.03. The van der Waals surface area contributed by atoms with Crippen molar-refractivity contribution in [2.75, 3.05) is 0 Å². The third-order valence-electron chi connectivity index (χ3n) is 3.25. The van der Waals surface area contributed by atoms with Gasteiger partial charge in [0, 0.05) is 0 Å². The van der Waals surface area contributed by atoms with Crippen LogP contribution < -0.4 is 5.56 Å². The molecule has 7 heteroatoms. The Kier molecular flexibility index (Phi) is 3.83. The number of pyridine rings is 1. The van der Waals surface area contributed by atoms with Crippen LogP contribution in [0.4, 0.5) is 0 Å². The van der Waals surface area contributed by atoms with Crippen LogP contribution in [0.25, 0.3) is 10.6 Å². The van der Waals surface area contributed by atoms with E-state index >= 15 is 0 Å². The number of nitriles is 1. The number of furan rings is 1. The number of aromatic nitrogens is 1. The fourth-order valence-corrected chi connectivity index (χ4v) is 2.95. The van der Waals surface area contributed by atoms with Crippen LogP contribution in [0.2, 0.25) is 0 Å². The van der Waals surface area contributed by atoms with E-state index in [0.29, 0.717) is 11.5 Å². The fourth-order valence-electron chi connectivity index (χ4n) is 2.19. The maximum Gasteiger partial charge on any atom is 0.371 e. The maximum atomic E-state index is 12.4. The molecule has 3 rings (SSSR count). The van der Waals surface area contributed by atoms with Gasteiger partial charge in [0.15, 0.2) is 0 Å². The van der Waals surface area contributed by atoms with Crippen LogP contribution >= 0.6 is 11.3 Å². The zero-order chi connectivity index (χ0) is 16.4. The molecule has 0 amide bonds. The summed E-state index contributed by atoms with van der Waals surface area (Å²) in [4.78, 5) is 24.2. The van der Waals surface area contributed by atoms with E-state index in [1.165, 1.54) is 34.1 Å². The molecule has 3 aromatic heterocycles. The van der Waals surface area contributed by atoms with Gasteiger partial charge in [0.1, 0.15) is 17.4 Å². The van der Waals surface area contributed by atoms with Crippen molar-refractivity contribution in [3.63, 3.8) is 0 Å². The first-order valence-electron chi connectivity index (χ1n) is 6.60. The van der Waals surface area contributed by atoms with Crippen LogP contribution in [-0.4, -0.2) is 15.6 Å². The number of carboxylic acid groups (broad SMARTS) is 1. The van der Waals surface area contributed by atoms with E-state index in [-0.39, 0.29) is 17.9 Å². The Balaban J connectivity index is 2.10. The number of carbonyl (C=O) groups is 1. The summed E-state index contributed by atoms with van der Waals surface area (Å²) in [6, 6.07) is 11.6. The molecule has 0 spiro atoms. The molecule has 114 valence electrons. The summed E-state index contributed by atoms with van der Waals surface area (Å²) < 4.78 is 6.62. The van der Waals surface area contributed by atoms with Gasteiger partial charge < -0.3 is 9.52 Å². The average Bonchev–Trinajstić information content (AvgIpc) is 3.20. The molecule has 0 saturated heterocycles. The van der Waals surface area contributed by atoms with E-state index in [0.717, 1.165) is 4.88 Å². The van der Waals surface area contributed by atoms with Gasteiger partial charge in [-0.15, -0.1) is 11.3 Å². The molecular weight excluding hydrogens is 316 g/mol. The van der Waals surface area contributed by atoms with Gasteiger partial charge in [-0.2, -0.15) is 5.26 Å². The van der Waals surface area contributed by atoms with Crippen LogP contribution in [-0.2, 0) is 6.54 Å². The number of hydrogen-bond acceptors (Lipinski definition) is 5. The Hall–Kier alpha value is -3.11. The molecule has 3 heterocycles. The third kappa shape index (κ3) is 2.80. The minimum absolute atomic E-state index is 0.0234. The zero-order valence-electron chi connectivity index (χ0n) is 11.7. The monoisotopic (exact) mass is 326 g/mol. The molecule has 3 aromatic rings. The second kappa shape index (κ2) is 5.94. The Bertz CT molecular complexity index is 961.